The first-order valence-electron chi connectivity index (χ1n) is 6.71. The lowest BCUT2D eigenvalue weighted by atomic mass is 10.1. The summed E-state index contributed by atoms with van der Waals surface area (Å²) in [5, 5.41) is 9.29. The largest absolute Gasteiger partial charge is 0.508 e. The van der Waals surface area contributed by atoms with Crippen LogP contribution in [-0.2, 0) is 18.3 Å². The van der Waals surface area contributed by atoms with Crippen molar-refractivity contribution in [3.63, 3.8) is 0 Å². The lowest BCUT2D eigenvalue weighted by molar-refractivity contribution is -0.121. The molecule has 1 heterocycles. The monoisotopic (exact) mass is 285 g/mol. The Morgan fingerprint density at radius 3 is 2.52 bits per heavy atom. The van der Waals surface area contributed by atoms with Crippen molar-refractivity contribution in [2.24, 2.45) is 7.05 Å². The lowest BCUT2D eigenvalue weighted by Gasteiger charge is -2.12. The first-order valence-corrected chi connectivity index (χ1v) is 6.71. The summed E-state index contributed by atoms with van der Waals surface area (Å²) in [6.45, 7) is 1.87. The fraction of sp³-hybridized carbons (Fsp3) is 0.188. The minimum absolute atomic E-state index is 0.116. The molecule has 0 aliphatic carbocycles. The van der Waals surface area contributed by atoms with Crippen LogP contribution in [0, 0.1) is 0 Å². The number of aromatic hydroxyl groups is 1. The van der Waals surface area contributed by atoms with Gasteiger partial charge in [-0.25, -0.2) is 0 Å². The Bertz CT molecular complexity index is 642. The van der Waals surface area contributed by atoms with E-state index in [2.05, 4.69) is 10.9 Å². The van der Waals surface area contributed by atoms with Crippen LogP contribution in [0.4, 0.5) is 0 Å². The maximum atomic E-state index is 11.9. The molecule has 21 heavy (non-hydrogen) atoms. The molecule has 5 nitrogen and oxygen atoms in total. The van der Waals surface area contributed by atoms with E-state index in [1.54, 1.807) is 24.3 Å². The minimum Gasteiger partial charge on any atom is -0.508 e. The first kappa shape index (κ1) is 14.7. The van der Waals surface area contributed by atoms with E-state index in [-0.39, 0.29) is 11.7 Å². The number of aryl methyl sites for hydroxylation is 1. The number of rotatable bonds is 5. The molecule has 2 aromatic rings. The number of aromatic nitrogens is 1. The van der Waals surface area contributed by atoms with Gasteiger partial charge in [-0.3, -0.25) is 15.6 Å². The van der Waals surface area contributed by atoms with E-state index in [1.165, 1.54) is 0 Å². The molecule has 0 bridgehead atoms. The van der Waals surface area contributed by atoms with Crippen LogP contribution >= 0.6 is 0 Å². The van der Waals surface area contributed by atoms with Gasteiger partial charge in [-0.05, 0) is 48.9 Å². The second-order valence-electron chi connectivity index (χ2n) is 4.71. The highest BCUT2D eigenvalue weighted by Gasteiger charge is 2.07. The van der Waals surface area contributed by atoms with E-state index in [9.17, 15) is 9.90 Å². The van der Waals surface area contributed by atoms with Crippen molar-refractivity contribution < 1.29 is 9.90 Å². The van der Waals surface area contributed by atoms with E-state index >= 15 is 0 Å². The fourth-order valence-electron chi connectivity index (χ4n) is 1.98. The summed E-state index contributed by atoms with van der Waals surface area (Å²) in [6, 6.07) is 10.6. The molecule has 1 amide bonds. The summed E-state index contributed by atoms with van der Waals surface area (Å²) in [5.41, 5.74) is 8.19. The molecule has 0 aliphatic heterocycles. The molecular formula is C16H19N3O2. The van der Waals surface area contributed by atoms with Crippen molar-refractivity contribution in [2.75, 3.05) is 0 Å². The molecular weight excluding hydrogens is 266 g/mol. The Labute approximate surface area is 123 Å². The SMILES string of the molecule is CC=C(NNC(=O)Cc1cccn1C)c1ccc(O)cc1. The van der Waals surface area contributed by atoms with Crippen molar-refractivity contribution in [3.8, 4) is 5.75 Å². The van der Waals surface area contributed by atoms with Crippen molar-refractivity contribution >= 4 is 11.6 Å². The summed E-state index contributed by atoms with van der Waals surface area (Å²) >= 11 is 0. The number of carbonyl (C=O) groups excluding carboxylic acids is 1. The van der Waals surface area contributed by atoms with Crippen LogP contribution in [0.1, 0.15) is 18.2 Å². The molecule has 2 rings (SSSR count). The van der Waals surface area contributed by atoms with Crippen LogP contribution in [-0.4, -0.2) is 15.6 Å². The highest BCUT2D eigenvalue weighted by Crippen LogP contribution is 2.15. The number of nitrogens with one attached hydrogen (secondary N) is 2. The molecule has 0 unspecified atom stereocenters. The van der Waals surface area contributed by atoms with Crippen molar-refractivity contribution in [1.82, 2.24) is 15.4 Å². The number of hydrazine groups is 1. The molecule has 1 aromatic heterocycles. The van der Waals surface area contributed by atoms with Crippen LogP contribution in [0.25, 0.3) is 5.70 Å². The smallest absolute Gasteiger partial charge is 0.244 e. The standard InChI is InChI=1S/C16H19N3O2/c1-3-15(12-6-8-14(20)9-7-12)17-18-16(21)11-13-5-4-10-19(13)2/h3-10,17,20H,11H2,1-2H3,(H,18,21). The Kier molecular flexibility index (Phi) is 4.66. The summed E-state index contributed by atoms with van der Waals surface area (Å²) in [7, 11) is 1.91. The zero-order valence-electron chi connectivity index (χ0n) is 12.1. The fourth-order valence-corrected chi connectivity index (χ4v) is 1.98. The number of carbonyl (C=O) groups is 1. The van der Waals surface area contributed by atoms with Gasteiger partial charge in [0.1, 0.15) is 5.75 Å². The van der Waals surface area contributed by atoms with Gasteiger partial charge >= 0.3 is 0 Å². The average Bonchev–Trinajstić information content (AvgIpc) is 2.87. The molecule has 0 aliphatic rings. The number of nitrogens with zero attached hydrogens (tertiary/aromatic N) is 1. The number of phenols is 1. The second kappa shape index (κ2) is 6.65. The molecule has 5 heteroatoms. The molecule has 0 spiro atoms. The summed E-state index contributed by atoms with van der Waals surface area (Å²) in [6.07, 6.45) is 4.07. The van der Waals surface area contributed by atoms with Crippen molar-refractivity contribution in [1.29, 1.82) is 0 Å². The van der Waals surface area contributed by atoms with Gasteiger partial charge in [0.25, 0.3) is 0 Å². The topological polar surface area (TPSA) is 66.3 Å². The van der Waals surface area contributed by atoms with E-state index < -0.39 is 0 Å². The van der Waals surface area contributed by atoms with Gasteiger partial charge in [-0.2, -0.15) is 0 Å². The Morgan fingerprint density at radius 2 is 1.95 bits per heavy atom. The Morgan fingerprint density at radius 1 is 1.24 bits per heavy atom. The zero-order chi connectivity index (χ0) is 15.2. The highest BCUT2D eigenvalue weighted by molar-refractivity contribution is 5.79. The maximum Gasteiger partial charge on any atom is 0.244 e. The molecule has 1 aromatic carbocycles. The number of amides is 1. The van der Waals surface area contributed by atoms with Crippen LogP contribution in [0.15, 0.2) is 48.7 Å². The van der Waals surface area contributed by atoms with Crippen LogP contribution < -0.4 is 10.9 Å². The van der Waals surface area contributed by atoms with E-state index in [1.807, 2.05) is 42.9 Å². The predicted molar refractivity (Wildman–Crippen MR) is 82.2 cm³/mol. The number of hydrogen-bond acceptors (Lipinski definition) is 3. The molecule has 0 saturated heterocycles. The summed E-state index contributed by atoms with van der Waals surface area (Å²) in [5.74, 6) is 0.0943. The lowest BCUT2D eigenvalue weighted by Crippen LogP contribution is -2.37. The average molecular weight is 285 g/mol. The van der Waals surface area contributed by atoms with Crippen LogP contribution in [0.2, 0.25) is 0 Å². The normalized spacial score (nSPS) is 11.2. The number of benzene rings is 1. The van der Waals surface area contributed by atoms with Gasteiger partial charge in [0.15, 0.2) is 0 Å². The van der Waals surface area contributed by atoms with E-state index in [0.717, 1.165) is 17.0 Å². The molecule has 0 atom stereocenters. The quantitative estimate of drug-likeness (QED) is 0.736. The molecule has 0 saturated carbocycles. The van der Waals surface area contributed by atoms with Gasteiger partial charge in [-0.15, -0.1) is 0 Å². The van der Waals surface area contributed by atoms with Crippen molar-refractivity contribution in [2.45, 2.75) is 13.3 Å². The van der Waals surface area contributed by atoms with E-state index in [0.29, 0.717) is 6.42 Å². The summed E-state index contributed by atoms with van der Waals surface area (Å²) in [4.78, 5) is 11.9. The zero-order valence-corrected chi connectivity index (χ0v) is 12.1. The third kappa shape index (κ3) is 3.89. The molecule has 0 fully saturated rings. The van der Waals surface area contributed by atoms with Crippen molar-refractivity contribution in [3.05, 3.63) is 59.9 Å². The van der Waals surface area contributed by atoms with Gasteiger partial charge in [0.05, 0.1) is 12.1 Å². The Hall–Kier alpha value is -2.69. The molecule has 0 radical (unpaired) electrons. The number of allylic oxidation sites excluding steroid dienone is 1. The number of hydrogen-bond donors (Lipinski definition) is 3. The maximum absolute atomic E-state index is 11.9. The molecule has 110 valence electrons. The van der Waals surface area contributed by atoms with Gasteiger partial charge in [0, 0.05) is 18.9 Å². The van der Waals surface area contributed by atoms with E-state index in [4.69, 9.17) is 0 Å². The predicted octanol–water partition coefficient (Wildman–Crippen LogP) is 1.95. The molecule has 3 N–H and O–H groups in total. The van der Waals surface area contributed by atoms with Crippen LogP contribution in [0.3, 0.4) is 0 Å². The van der Waals surface area contributed by atoms with Gasteiger partial charge in [0.2, 0.25) is 5.91 Å². The van der Waals surface area contributed by atoms with Gasteiger partial charge in [-0.1, -0.05) is 6.08 Å². The minimum atomic E-state index is -0.116. The third-order valence-corrected chi connectivity index (χ3v) is 3.20. The first-order chi connectivity index (χ1) is 10.1. The number of phenolic OH excluding ortho intramolecular Hbond substituents is 1. The Balaban J connectivity index is 1.93. The summed E-state index contributed by atoms with van der Waals surface area (Å²) < 4.78 is 1.91. The van der Waals surface area contributed by atoms with Gasteiger partial charge < -0.3 is 9.67 Å². The highest BCUT2D eigenvalue weighted by atomic mass is 16.3. The van der Waals surface area contributed by atoms with Crippen LogP contribution in [0.5, 0.6) is 5.75 Å². The third-order valence-electron chi connectivity index (χ3n) is 3.20. The second-order valence-corrected chi connectivity index (χ2v) is 4.71.